The lowest BCUT2D eigenvalue weighted by atomic mass is 9.70. The van der Waals surface area contributed by atoms with E-state index in [1.165, 1.54) is 24.8 Å². The molecule has 0 spiro atoms. The Morgan fingerprint density at radius 3 is 2.71 bits per heavy atom. The molecule has 0 heterocycles. The highest BCUT2D eigenvalue weighted by Gasteiger charge is 2.30. The predicted octanol–water partition coefficient (Wildman–Crippen LogP) is 3.63. The van der Waals surface area contributed by atoms with Crippen molar-refractivity contribution in [2.75, 3.05) is 13.7 Å². The SMILES string of the molecule is COc1ccc(CNCC2(C)CCC2)cc1Cl. The fraction of sp³-hybridized carbons (Fsp3) is 0.571. The second-order valence-corrected chi connectivity index (χ2v) is 5.64. The summed E-state index contributed by atoms with van der Waals surface area (Å²) in [5.41, 5.74) is 1.73. The van der Waals surface area contributed by atoms with E-state index in [1.54, 1.807) is 7.11 Å². The Balaban J connectivity index is 1.84. The summed E-state index contributed by atoms with van der Waals surface area (Å²) >= 11 is 6.08. The molecule has 0 aliphatic heterocycles. The maximum absolute atomic E-state index is 6.08. The van der Waals surface area contributed by atoms with Gasteiger partial charge < -0.3 is 10.1 Å². The third kappa shape index (κ3) is 3.14. The number of rotatable bonds is 5. The molecule has 1 N–H and O–H groups in total. The molecule has 0 bridgehead atoms. The summed E-state index contributed by atoms with van der Waals surface area (Å²) in [4.78, 5) is 0. The minimum atomic E-state index is 0.524. The first-order valence-corrected chi connectivity index (χ1v) is 6.54. The highest BCUT2D eigenvalue weighted by Crippen LogP contribution is 2.39. The number of benzene rings is 1. The fourth-order valence-corrected chi connectivity index (χ4v) is 2.57. The molecule has 3 heteroatoms. The molecule has 1 aromatic rings. The first-order valence-electron chi connectivity index (χ1n) is 6.16. The number of hydrogen-bond acceptors (Lipinski definition) is 2. The molecule has 1 aliphatic carbocycles. The van der Waals surface area contributed by atoms with Gasteiger partial charge in [0.15, 0.2) is 0 Å². The molecule has 0 atom stereocenters. The lowest BCUT2D eigenvalue weighted by Gasteiger charge is -2.38. The number of halogens is 1. The molecule has 1 aliphatic rings. The van der Waals surface area contributed by atoms with Gasteiger partial charge in [-0.3, -0.25) is 0 Å². The molecule has 17 heavy (non-hydrogen) atoms. The lowest BCUT2D eigenvalue weighted by molar-refractivity contribution is 0.156. The van der Waals surface area contributed by atoms with Gasteiger partial charge in [0.2, 0.25) is 0 Å². The monoisotopic (exact) mass is 253 g/mol. The van der Waals surface area contributed by atoms with Crippen molar-refractivity contribution in [1.82, 2.24) is 5.32 Å². The summed E-state index contributed by atoms with van der Waals surface area (Å²) in [7, 11) is 1.64. The summed E-state index contributed by atoms with van der Waals surface area (Å²) in [5, 5.41) is 4.19. The van der Waals surface area contributed by atoms with Gasteiger partial charge in [-0.25, -0.2) is 0 Å². The van der Waals surface area contributed by atoms with E-state index in [0.29, 0.717) is 10.4 Å². The molecule has 0 saturated heterocycles. The van der Waals surface area contributed by atoms with E-state index in [9.17, 15) is 0 Å². The Morgan fingerprint density at radius 1 is 1.41 bits per heavy atom. The summed E-state index contributed by atoms with van der Waals surface area (Å²) in [6.07, 6.45) is 4.08. The highest BCUT2D eigenvalue weighted by atomic mass is 35.5. The Morgan fingerprint density at radius 2 is 2.18 bits per heavy atom. The van der Waals surface area contributed by atoms with Crippen molar-refractivity contribution in [3.05, 3.63) is 28.8 Å². The van der Waals surface area contributed by atoms with Crippen molar-refractivity contribution < 1.29 is 4.74 Å². The summed E-state index contributed by atoms with van der Waals surface area (Å²) < 4.78 is 5.13. The van der Waals surface area contributed by atoms with Gasteiger partial charge in [-0.05, 0) is 36.0 Å². The molecule has 0 unspecified atom stereocenters. The van der Waals surface area contributed by atoms with Crippen molar-refractivity contribution in [3.63, 3.8) is 0 Å². The van der Waals surface area contributed by atoms with E-state index in [4.69, 9.17) is 16.3 Å². The van der Waals surface area contributed by atoms with Crippen LogP contribution in [-0.2, 0) is 6.54 Å². The van der Waals surface area contributed by atoms with Gasteiger partial charge in [0.1, 0.15) is 5.75 Å². The summed E-state index contributed by atoms with van der Waals surface area (Å²) in [5.74, 6) is 0.737. The van der Waals surface area contributed by atoms with Gasteiger partial charge in [0.05, 0.1) is 12.1 Å². The van der Waals surface area contributed by atoms with Crippen LogP contribution in [0.5, 0.6) is 5.75 Å². The summed E-state index contributed by atoms with van der Waals surface area (Å²) in [6.45, 7) is 4.32. The topological polar surface area (TPSA) is 21.3 Å². The second kappa shape index (κ2) is 5.28. The second-order valence-electron chi connectivity index (χ2n) is 5.24. The minimum absolute atomic E-state index is 0.524. The number of methoxy groups -OCH3 is 1. The van der Waals surface area contributed by atoms with Crippen molar-refractivity contribution in [3.8, 4) is 5.75 Å². The van der Waals surface area contributed by atoms with Gasteiger partial charge in [0.25, 0.3) is 0 Å². The maximum atomic E-state index is 6.08. The quantitative estimate of drug-likeness (QED) is 0.865. The van der Waals surface area contributed by atoms with E-state index < -0.39 is 0 Å². The molecule has 1 saturated carbocycles. The zero-order chi connectivity index (χ0) is 12.3. The van der Waals surface area contributed by atoms with Crippen molar-refractivity contribution in [2.45, 2.75) is 32.7 Å². The third-order valence-corrected chi connectivity index (χ3v) is 3.95. The standard InChI is InChI=1S/C14H20ClNO/c1-14(6-3-7-14)10-16-9-11-4-5-13(17-2)12(15)8-11/h4-5,8,16H,3,6-7,9-10H2,1-2H3. The molecule has 0 aromatic heterocycles. The fourth-order valence-electron chi connectivity index (χ4n) is 2.29. The molecule has 1 fully saturated rings. The number of nitrogens with one attached hydrogen (secondary N) is 1. The Kier molecular flexibility index (Phi) is 3.95. The molecule has 2 nitrogen and oxygen atoms in total. The highest BCUT2D eigenvalue weighted by molar-refractivity contribution is 6.32. The molecular formula is C14H20ClNO. The average Bonchev–Trinajstić information content (AvgIpc) is 2.27. The molecule has 1 aromatic carbocycles. The van der Waals surface area contributed by atoms with Crippen LogP contribution in [-0.4, -0.2) is 13.7 Å². The van der Waals surface area contributed by atoms with Crippen LogP contribution >= 0.6 is 11.6 Å². The average molecular weight is 254 g/mol. The van der Waals surface area contributed by atoms with Crippen LogP contribution in [0.1, 0.15) is 31.7 Å². The van der Waals surface area contributed by atoms with Crippen molar-refractivity contribution >= 4 is 11.6 Å². The maximum Gasteiger partial charge on any atom is 0.137 e. The van der Waals surface area contributed by atoms with Crippen LogP contribution in [0.3, 0.4) is 0 Å². The zero-order valence-electron chi connectivity index (χ0n) is 10.6. The van der Waals surface area contributed by atoms with Gasteiger partial charge in [-0.1, -0.05) is 31.0 Å². The lowest BCUT2D eigenvalue weighted by Crippen LogP contribution is -2.36. The molecular weight excluding hydrogens is 234 g/mol. The van der Waals surface area contributed by atoms with E-state index in [2.05, 4.69) is 18.3 Å². The third-order valence-electron chi connectivity index (χ3n) is 3.66. The van der Waals surface area contributed by atoms with Gasteiger partial charge >= 0.3 is 0 Å². The van der Waals surface area contributed by atoms with Gasteiger partial charge in [-0.2, -0.15) is 0 Å². The van der Waals surface area contributed by atoms with Crippen LogP contribution in [0.2, 0.25) is 5.02 Å². The predicted molar refractivity (Wildman–Crippen MR) is 71.7 cm³/mol. The minimum Gasteiger partial charge on any atom is -0.495 e. The van der Waals surface area contributed by atoms with Gasteiger partial charge in [-0.15, -0.1) is 0 Å². The number of ether oxygens (including phenoxy) is 1. The van der Waals surface area contributed by atoms with Crippen LogP contribution in [0.25, 0.3) is 0 Å². The Hall–Kier alpha value is -0.730. The molecule has 94 valence electrons. The van der Waals surface area contributed by atoms with Crippen molar-refractivity contribution in [2.24, 2.45) is 5.41 Å². The molecule has 0 radical (unpaired) electrons. The smallest absolute Gasteiger partial charge is 0.137 e. The van der Waals surface area contributed by atoms with Crippen molar-refractivity contribution in [1.29, 1.82) is 0 Å². The van der Waals surface area contributed by atoms with E-state index in [0.717, 1.165) is 18.8 Å². The van der Waals surface area contributed by atoms with Crippen LogP contribution < -0.4 is 10.1 Å². The van der Waals surface area contributed by atoms with E-state index >= 15 is 0 Å². The van der Waals surface area contributed by atoms with Crippen LogP contribution in [0.15, 0.2) is 18.2 Å². The van der Waals surface area contributed by atoms with Crippen LogP contribution in [0, 0.1) is 5.41 Å². The summed E-state index contributed by atoms with van der Waals surface area (Å²) in [6, 6.07) is 5.95. The zero-order valence-corrected chi connectivity index (χ0v) is 11.3. The number of hydrogen-bond donors (Lipinski definition) is 1. The van der Waals surface area contributed by atoms with Gasteiger partial charge in [0, 0.05) is 13.1 Å². The molecule has 2 rings (SSSR count). The first-order chi connectivity index (χ1) is 8.13. The van der Waals surface area contributed by atoms with Crippen LogP contribution in [0.4, 0.5) is 0 Å². The normalized spacial score (nSPS) is 17.6. The molecule has 0 amide bonds. The Bertz CT molecular complexity index is 388. The first kappa shape index (κ1) is 12.7. The van der Waals surface area contributed by atoms with E-state index in [1.807, 2.05) is 12.1 Å². The van der Waals surface area contributed by atoms with E-state index in [-0.39, 0.29) is 0 Å². The largest absolute Gasteiger partial charge is 0.495 e. The Labute approximate surface area is 108 Å².